The van der Waals surface area contributed by atoms with Crippen LogP contribution in [0, 0.1) is 6.92 Å². The first-order valence-corrected chi connectivity index (χ1v) is 7.00. The zero-order valence-electron chi connectivity index (χ0n) is 12.3. The Kier molecular flexibility index (Phi) is 3.71. The maximum absolute atomic E-state index is 6.00. The summed E-state index contributed by atoms with van der Waals surface area (Å²) in [4.78, 5) is 0. The summed E-state index contributed by atoms with van der Waals surface area (Å²) in [6, 6.07) is 11.9. The van der Waals surface area contributed by atoms with Crippen LogP contribution >= 0.6 is 0 Å². The van der Waals surface area contributed by atoms with Gasteiger partial charge in [-0.15, -0.1) is 0 Å². The third-order valence-corrected chi connectivity index (χ3v) is 3.67. The summed E-state index contributed by atoms with van der Waals surface area (Å²) in [6.45, 7) is 2.99. The molecule has 0 amide bonds. The first-order chi connectivity index (χ1) is 10.2. The molecule has 0 fully saturated rings. The first-order valence-electron chi connectivity index (χ1n) is 7.00. The molecule has 2 aromatic rings. The van der Waals surface area contributed by atoms with E-state index in [1.54, 1.807) is 7.11 Å². The summed E-state index contributed by atoms with van der Waals surface area (Å²) in [5.41, 5.74) is 8.95. The summed E-state index contributed by atoms with van der Waals surface area (Å²) in [5, 5.41) is 0. The fourth-order valence-electron chi connectivity index (χ4n) is 2.53. The van der Waals surface area contributed by atoms with Crippen LogP contribution in [0.4, 0.5) is 0 Å². The molecule has 0 unspecified atom stereocenters. The molecular formula is C17H19NO3. The number of benzene rings is 2. The normalized spacial score (nSPS) is 16.6. The van der Waals surface area contributed by atoms with E-state index in [2.05, 4.69) is 6.92 Å². The molecule has 0 aromatic heterocycles. The van der Waals surface area contributed by atoms with Crippen LogP contribution in [0.3, 0.4) is 0 Å². The van der Waals surface area contributed by atoms with Gasteiger partial charge in [0.25, 0.3) is 0 Å². The van der Waals surface area contributed by atoms with Crippen LogP contribution < -0.4 is 19.9 Å². The number of nitrogens with two attached hydrogens (primary N) is 1. The van der Waals surface area contributed by atoms with Crippen LogP contribution in [-0.2, 0) is 0 Å². The number of rotatable bonds is 3. The zero-order valence-corrected chi connectivity index (χ0v) is 12.3. The molecule has 1 aliphatic rings. The van der Waals surface area contributed by atoms with E-state index in [0.29, 0.717) is 13.2 Å². The Balaban J connectivity index is 2.07. The van der Waals surface area contributed by atoms with Crippen LogP contribution in [0.5, 0.6) is 17.2 Å². The molecule has 110 valence electrons. The van der Waals surface area contributed by atoms with Crippen LogP contribution in [0.25, 0.3) is 11.1 Å². The second-order valence-corrected chi connectivity index (χ2v) is 5.10. The summed E-state index contributed by atoms with van der Waals surface area (Å²) in [5.74, 6) is 2.39. The minimum Gasteiger partial charge on any atom is -0.497 e. The monoisotopic (exact) mass is 285 g/mol. The van der Waals surface area contributed by atoms with E-state index < -0.39 is 0 Å². The van der Waals surface area contributed by atoms with Crippen LogP contribution in [0.15, 0.2) is 36.4 Å². The fraction of sp³-hybridized carbons (Fsp3) is 0.294. The lowest BCUT2D eigenvalue weighted by Gasteiger charge is -2.27. The predicted molar refractivity (Wildman–Crippen MR) is 82.1 cm³/mol. The molecule has 0 radical (unpaired) electrons. The fourth-order valence-corrected chi connectivity index (χ4v) is 2.53. The molecule has 1 aliphatic heterocycles. The van der Waals surface area contributed by atoms with Crippen molar-refractivity contribution in [3.63, 3.8) is 0 Å². The molecule has 4 nitrogen and oxygen atoms in total. The maximum atomic E-state index is 6.00. The number of hydrogen-bond donors (Lipinski definition) is 1. The smallest absolute Gasteiger partial charge is 0.169 e. The molecule has 3 rings (SSSR count). The van der Waals surface area contributed by atoms with E-state index in [1.807, 2.05) is 36.4 Å². The van der Waals surface area contributed by atoms with Crippen molar-refractivity contribution in [3.8, 4) is 28.4 Å². The molecule has 2 N–H and O–H groups in total. The molecule has 0 bridgehead atoms. The lowest BCUT2D eigenvalue weighted by Crippen LogP contribution is -2.35. The number of para-hydroxylation sites is 1. The van der Waals surface area contributed by atoms with Crippen molar-refractivity contribution in [2.45, 2.75) is 13.0 Å². The number of ether oxygens (including phenoxy) is 3. The van der Waals surface area contributed by atoms with Gasteiger partial charge in [-0.25, -0.2) is 0 Å². The highest BCUT2D eigenvalue weighted by atomic mass is 16.6. The van der Waals surface area contributed by atoms with Crippen molar-refractivity contribution in [1.29, 1.82) is 0 Å². The van der Waals surface area contributed by atoms with E-state index in [4.69, 9.17) is 19.9 Å². The highest BCUT2D eigenvalue weighted by molar-refractivity contribution is 5.77. The van der Waals surface area contributed by atoms with Crippen LogP contribution in [-0.4, -0.2) is 26.4 Å². The molecule has 0 saturated heterocycles. The van der Waals surface area contributed by atoms with Gasteiger partial charge >= 0.3 is 0 Å². The van der Waals surface area contributed by atoms with Crippen molar-refractivity contribution in [2.24, 2.45) is 5.73 Å². The van der Waals surface area contributed by atoms with Gasteiger partial charge in [-0.2, -0.15) is 0 Å². The minimum atomic E-state index is -0.0998. The molecule has 2 aromatic carbocycles. The molecule has 1 heterocycles. The summed E-state index contributed by atoms with van der Waals surface area (Å²) in [7, 11) is 1.67. The number of methoxy groups -OCH3 is 1. The van der Waals surface area contributed by atoms with E-state index in [0.717, 1.165) is 33.9 Å². The predicted octanol–water partition coefficient (Wildman–Crippen LogP) is 2.77. The molecule has 0 saturated carbocycles. The van der Waals surface area contributed by atoms with Gasteiger partial charge in [0.2, 0.25) is 0 Å². The second kappa shape index (κ2) is 5.66. The van der Waals surface area contributed by atoms with Crippen molar-refractivity contribution < 1.29 is 14.2 Å². The second-order valence-electron chi connectivity index (χ2n) is 5.10. The maximum Gasteiger partial charge on any atom is 0.169 e. The topological polar surface area (TPSA) is 53.7 Å². The Labute approximate surface area is 124 Å². The standard InChI is InChI=1S/C17H19NO3/c1-11-8-12(19-2)6-7-14(11)15-4-3-5-16-17(15)21-13(9-18)10-20-16/h3-8,13H,9-10,18H2,1-2H3/t13-/m0/s1. The van der Waals surface area contributed by atoms with Crippen molar-refractivity contribution >= 4 is 0 Å². The highest BCUT2D eigenvalue weighted by Crippen LogP contribution is 2.42. The Hall–Kier alpha value is -2.20. The Morgan fingerprint density at radius 2 is 2.10 bits per heavy atom. The summed E-state index contributed by atoms with van der Waals surface area (Å²) < 4.78 is 17.0. The van der Waals surface area contributed by atoms with Gasteiger partial charge in [-0.3, -0.25) is 0 Å². The van der Waals surface area contributed by atoms with Gasteiger partial charge < -0.3 is 19.9 Å². The van der Waals surface area contributed by atoms with Gasteiger partial charge in [-0.05, 0) is 36.2 Å². The number of hydrogen-bond acceptors (Lipinski definition) is 4. The Bertz CT molecular complexity index is 654. The van der Waals surface area contributed by atoms with Crippen molar-refractivity contribution in [1.82, 2.24) is 0 Å². The van der Waals surface area contributed by atoms with E-state index in [-0.39, 0.29) is 6.10 Å². The van der Waals surface area contributed by atoms with Gasteiger partial charge in [0, 0.05) is 12.1 Å². The van der Waals surface area contributed by atoms with E-state index in [1.165, 1.54) is 0 Å². The molecule has 1 atom stereocenters. The molecule has 0 spiro atoms. The van der Waals surface area contributed by atoms with Gasteiger partial charge in [0.05, 0.1) is 7.11 Å². The number of aryl methyl sites for hydroxylation is 1. The quantitative estimate of drug-likeness (QED) is 0.942. The molecule has 0 aliphatic carbocycles. The Morgan fingerprint density at radius 3 is 2.81 bits per heavy atom. The van der Waals surface area contributed by atoms with Crippen LogP contribution in [0.1, 0.15) is 5.56 Å². The van der Waals surface area contributed by atoms with E-state index >= 15 is 0 Å². The van der Waals surface area contributed by atoms with Crippen molar-refractivity contribution in [3.05, 3.63) is 42.0 Å². The van der Waals surface area contributed by atoms with Crippen LogP contribution in [0.2, 0.25) is 0 Å². The molecule has 4 heteroatoms. The Morgan fingerprint density at radius 1 is 1.24 bits per heavy atom. The lowest BCUT2D eigenvalue weighted by atomic mass is 9.98. The SMILES string of the molecule is COc1ccc(-c2cccc3c2O[C@@H](CN)CO3)c(C)c1. The molecule has 21 heavy (non-hydrogen) atoms. The summed E-state index contributed by atoms with van der Waals surface area (Å²) in [6.07, 6.45) is -0.0998. The van der Waals surface area contributed by atoms with Gasteiger partial charge in [-0.1, -0.05) is 18.2 Å². The summed E-state index contributed by atoms with van der Waals surface area (Å²) >= 11 is 0. The number of fused-ring (bicyclic) bond motifs is 1. The minimum absolute atomic E-state index is 0.0998. The first kappa shape index (κ1) is 13.8. The third kappa shape index (κ3) is 2.54. The highest BCUT2D eigenvalue weighted by Gasteiger charge is 2.23. The average molecular weight is 285 g/mol. The van der Waals surface area contributed by atoms with E-state index in [9.17, 15) is 0 Å². The van der Waals surface area contributed by atoms with Crippen molar-refractivity contribution in [2.75, 3.05) is 20.3 Å². The average Bonchev–Trinajstić information content (AvgIpc) is 2.53. The third-order valence-electron chi connectivity index (χ3n) is 3.67. The van der Waals surface area contributed by atoms with Gasteiger partial charge in [0.15, 0.2) is 11.5 Å². The molecular weight excluding hydrogens is 266 g/mol. The largest absolute Gasteiger partial charge is 0.497 e. The zero-order chi connectivity index (χ0) is 14.8. The van der Waals surface area contributed by atoms with Gasteiger partial charge in [0.1, 0.15) is 18.5 Å². The lowest BCUT2D eigenvalue weighted by molar-refractivity contribution is 0.0976.